The number of fused-ring (bicyclic) bond motifs is 1. The SMILES string of the molecule is CCOCOc1ccc2oc(B(C)OC(C)C)cc2c1. The van der Waals surface area contributed by atoms with Crippen LogP contribution in [0.5, 0.6) is 5.75 Å². The molecule has 20 heavy (non-hydrogen) atoms. The molecule has 5 heteroatoms. The standard InChI is InChI=1S/C15H21BO4/c1-5-17-10-18-13-6-7-14-12(8-13)9-15(19-14)16(4)20-11(2)3/h6-9,11H,5,10H2,1-4H3. The smallest absolute Gasteiger partial charge is 0.365 e. The second-order valence-electron chi connectivity index (χ2n) is 4.93. The lowest BCUT2D eigenvalue weighted by molar-refractivity contribution is 0.0225. The Morgan fingerprint density at radius 3 is 2.75 bits per heavy atom. The van der Waals surface area contributed by atoms with Gasteiger partial charge < -0.3 is 18.5 Å². The third kappa shape index (κ3) is 3.77. The number of ether oxygens (including phenoxy) is 2. The van der Waals surface area contributed by atoms with Gasteiger partial charge in [0.2, 0.25) is 0 Å². The van der Waals surface area contributed by atoms with Crippen molar-refractivity contribution in [3.05, 3.63) is 24.3 Å². The fourth-order valence-corrected chi connectivity index (χ4v) is 2.00. The first-order valence-electron chi connectivity index (χ1n) is 6.99. The molecule has 2 rings (SSSR count). The van der Waals surface area contributed by atoms with Crippen molar-refractivity contribution < 1.29 is 18.5 Å². The summed E-state index contributed by atoms with van der Waals surface area (Å²) in [4.78, 5) is 0. The van der Waals surface area contributed by atoms with Crippen LogP contribution in [0, 0.1) is 0 Å². The molecule has 0 atom stereocenters. The van der Waals surface area contributed by atoms with E-state index in [-0.39, 0.29) is 19.8 Å². The molecular formula is C15H21BO4. The van der Waals surface area contributed by atoms with Crippen LogP contribution in [0.4, 0.5) is 0 Å². The molecule has 0 aliphatic rings. The summed E-state index contributed by atoms with van der Waals surface area (Å²) < 4.78 is 22.2. The van der Waals surface area contributed by atoms with Crippen LogP contribution in [-0.4, -0.2) is 26.4 Å². The molecule has 2 aromatic rings. The molecule has 0 aliphatic carbocycles. The van der Waals surface area contributed by atoms with Crippen molar-refractivity contribution in [2.45, 2.75) is 33.7 Å². The molecule has 0 saturated carbocycles. The number of hydrogen-bond donors (Lipinski definition) is 0. The van der Waals surface area contributed by atoms with Gasteiger partial charge in [0.25, 0.3) is 0 Å². The largest absolute Gasteiger partial charge is 0.468 e. The highest BCUT2D eigenvalue weighted by Gasteiger charge is 2.18. The molecule has 0 amide bonds. The maximum atomic E-state index is 5.80. The minimum atomic E-state index is -0.0600. The van der Waals surface area contributed by atoms with Crippen LogP contribution in [0.15, 0.2) is 28.7 Å². The molecule has 0 bridgehead atoms. The van der Waals surface area contributed by atoms with Gasteiger partial charge >= 0.3 is 6.92 Å². The number of benzene rings is 1. The van der Waals surface area contributed by atoms with Crippen LogP contribution in [0.25, 0.3) is 11.0 Å². The lowest BCUT2D eigenvalue weighted by Gasteiger charge is -2.10. The number of rotatable bonds is 7. The highest BCUT2D eigenvalue weighted by molar-refractivity contribution is 6.65. The summed E-state index contributed by atoms with van der Waals surface area (Å²) in [6.07, 6.45) is 0.170. The molecule has 0 aliphatic heterocycles. The summed E-state index contributed by atoms with van der Waals surface area (Å²) in [5.41, 5.74) is 1.67. The Balaban J connectivity index is 2.12. The zero-order valence-corrected chi connectivity index (χ0v) is 12.5. The highest BCUT2D eigenvalue weighted by atomic mass is 16.7. The molecule has 0 fully saturated rings. The van der Waals surface area contributed by atoms with Crippen molar-refractivity contribution in [3.63, 3.8) is 0 Å². The van der Waals surface area contributed by atoms with E-state index < -0.39 is 0 Å². The maximum absolute atomic E-state index is 5.80. The first-order chi connectivity index (χ1) is 9.60. The summed E-state index contributed by atoms with van der Waals surface area (Å²) in [7, 11) is 0. The van der Waals surface area contributed by atoms with Gasteiger partial charge in [0.1, 0.15) is 17.0 Å². The fraction of sp³-hybridized carbons (Fsp3) is 0.467. The monoisotopic (exact) mass is 276 g/mol. The van der Waals surface area contributed by atoms with Gasteiger partial charge in [0.05, 0.1) is 0 Å². The van der Waals surface area contributed by atoms with Crippen LogP contribution in [0.3, 0.4) is 0 Å². The van der Waals surface area contributed by atoms with Gasteiger partial charge in [-0.15, -0.1) is 0 Å². The van der Waals surface area contributed by atoms with E-state index in [4.69, 9.17) is 18.5 Å². The summed E-state index contributed by atoms with van der Waals surface area (Å²) in [6, 6.07) is 7.73. The topological polar surface area (TPSA) is 40.8 Å². The van der Waals surface area contributed by atoms with Crippen molar-refractivity contribution in [1.82, 2.24) is 0 Å². The quantitative estimate of drug-likeness (QED) is 0.442. The van der Waals surface area contributed by atoms with E-state index in [0.717, 1.165) is 22.4 Å². The maximum Gasteiger partial charge on any atom is 0.365 e. The van der Waals surface area contributed by atoms with Gasteiger partial charge in [-0.25, -0.2) is 0 Å². The molecule has 1 aromatic carbocycles. The zero-order chi connectivity index (χ0) is 14.5. The van der Waals surface area contributed by atoms with Gasteiger partial charge in [0.15, 0.2) is 6.79 Å². The van der Waals surface area contributed by atoms with Crippen LogP contribution in [0.1, 0.15) is 20.8 Å². The van der Waals surface area contributed by atoms with Crippen LogP contribution in [-0.2, 0) is 9.39 Å². The molecular weight excluding hydrogens is 255 g/mol. The van der Waals surface area contributed by atoms with E-state index in [2.05, 4.69) is 0 Å². The van der Waals surface area contributed by atoms with Gasteiger partial charge in [-0.05, 0) is 45.0 Å². The molecule has 0 spiro atoms. The van der Waals surface area contributed by atoms with Crippen molar-refractivity contribution >= 4 is 23.5 Å². The van der Waals surface area contributed by atoms with Gasteiger partial charge in [-0.2, -0.15) is 0 Å². The average molecular weight is 276 g/mol. The summed E-state index contributed by atoms with van der Waals surface area (Å²) in [5, 5.41) is 1.01. The van der Waals surface area contributed by atoms with Crippen molar-refractivity contribution in [1.29, 1.82) is 0 Å². The van der Waals surface area contributed by atoms with E-state index in [1.54, 1.807) is 0 Å². The predicted molar refractivity (Wildman–Crippen MR) is 80.8 cm³/mol. The Labute approximate surface area is 120 Å². The van der Waals surface area contributed by atoms with E-state index >= 15 is 0 Å². The average Bonchev–Trinajstić information content (AvgIpc) is 2.81. The zero-order valence-electron chi connectivity index (χ0n) is 12.5. The molecule has 0 N–H and O–H groups in total. The molecule has 4 nitrogen and oxygen atoms in total. The van der Waals surface area contributed by atoms with Gasteiger partial charge in [-0.3, -0.25) is 0 Å². The predicted octanol–water partition coefficient (Wildman–Crippen LogP) is 3.06. The Hall–Kier alpha value is -1.46. The lowest BCUT2D eigenvalue weighted by atomic mass is 9.68. The van der Waals surface area contributed by atoms with Crippen molar-refractivity contribution in [2.75, 3.05) is 13.4 Å². The Morgan fingerprint density at radius 2 is 2.05 bits per heavy atom. The Bertz CT molecular complexity index is 550. The molecule has 108 valence electrons. The Morgan fingerprint density at radius 1 is 1.25 bits per heavy atom. The van der Waals surface area contributed by atoms with Gasteiger partial charge in [0, 0.05) is 18.1 Å². The summed E-state index contributed by atoms with van der Waals surface area (Å²) in [6.45, 7) is 8.80. The van der Waals surface area contributed by atoms with E-state index in [0.29, 0.717) is 6.61 Å². The number of furan rings is 1. The van der Waals surface area contributed by atoms with E-state index in [9.17, 15) is 0 Å². The minimum absolute atomic E-state index is 0.0600. The molecule has 0 saturated heterocycles. The van der Waals surface area contributed by atoms with E-state index in [1.165, 1.54) is 0 Å². The molecule has 0 radical (unpaired) electrons. The molecule has 1 heterocycles. The minimum Gasteiger partial charge on any atom is -0.468 e. The number of hydrogen-bond acceptors (Lipinski definition) is 4. The highest BCUT2D eigenvalue weighted by Crippen LogP contribution is 2.21. The first kappa shape index (κ1) is 14.9. The first-order valence-corrected chi connectivity index (χ1v) is 6.99. The van der Waals surface area contributed by atoms with Crippen LogP contribution in [0.2, 0.25) is 6.82 Å². The van der Waals surface area contributed by atoms with Crippen molar-refractivity contribution in [3.8, 4) is 5.75 Å². The lowest BCUT2D eigenvalue weighted by Crippen LogP contribution is -2.31. The van der Waals surface area contributed by atoms with Crippen LogP contribution >= 0.6 is 0 Å². The molecule has 0 unspecified atom stereocenters. The van der Waals surface area contributed by atoms with Crippen LogP contribution < -0.4 is 10.4 Å². The third-order valence-corrected chi connectivity index (χ3v) is 2.90. The third-order valence-electron chi connectivity index (χ3n) is 2.90. The van der Waals surface area contributed by atoms with Gasteiger partial charge in [-0.1, -0.05) is 6.82 Å². The van der Waals surface area contributed by atoms with Crippen molar-refractivity contribution in [2.24, 2.45) is 0 Å². The normalized spacial score (nSPS) is 11.2. The summed E-state index contributed by atoms with van der Waals surface area (Å²) in [5.74, 6) is 0.774. The fourth-order valence-electron chi connectivity index (χ4n) is 2.00. The van der Waals surface area contributed by atoms with E-state index in [1.807, 2.05) is 51.9 Å². The molecule has 1 aromatic heterocycles. The second-order valence-corrected chi connectivity index (χ2v) is 4.93. The Kier molecular flexibility index (Phi) is 5.09. The second kappa shape index (κ2) is 6.82. The summed E-state index contributed by atoms with van der Waals surface area (Å²) >= 11 is 0.